The number of aryl methyl sites for hydroxylation is 1. The summed E-state index contributed by atoms with van der Waals surface area (Å²) in [5.41, 5.74) is 0.935. The van der Waals surface area contributed by atoms with Gasteiger partial charge in [-0.25, -0.2) is 19.0 Å². The summed E-state index contributed by atoms with van der Waals surface area (Å²) in [6.45, 7) is 3.55. The SMILES string of the molecule is COc1cc(N2CC3CC[C@@H](C2)[C@@H]3Nc2nc3n(n2)CCCN3c2ccc(F)cc2)ncn1. The zero-order chi connectivity index (χ0) is 22.4. The van der Waals surface area contributed by atoms with E-state index < -0.39 is 0 Å². The minimum absolute atomic E-state index is 0.234. The molecule has 1 N–H and O–H groups in total. The first-order chi connectivity index (χ1) is 16.2. The van der Waals surface area contributed by atoms with Gasteiger partial charge in [0.1, 0.15) is 18.0 Å². The first-order valence-corrected chi connectivity index (χ1v) is 11.5. The first-order valence-electron chi connectivity index (χ1n) is 11.5. The lowest BCUT2D eigenvalue weighted by Gasteiger charge is -2.38. The molecule has 1 aromatic carbocycles. The van der Waals surface area contributed by atoms with Crippen LogP contribution in [-0.2, 0) is 6.54 Å². The summed E-state index contributed by atoms with van der Waals surface area (Å²) in [6.07, 6.45) is 4.89. The van der Waals surface area contributed by atoms with Crippen LogP contribution in [0.15, 0.2) is 36.7 Å². The smallest absolute Gasteiger partial charge is 0.244 e. The number of nitrogens with zero attached hydrogens (tertiary/aromatic N) is 7. The molecule has 2 fully saturated rings. The Labute approximate surface area is 191 Å². The standard InChI is InChI=1S/C23H27FN8O/c1-33-20-11-19(25-14-26-20)30-12-15-3-4-16(13-30)21(15)27-22-28-23-31(9-2-10-32(23)29-22)18-7-5-17(24)6-8-18/h5-8,11,14-16,21H,2-4,9-10,12-13H2,1H3,(H,27,29)/t15-,16?,21-/m0/s1. The Morgan fingerprint density at radius 1 is 1.06 bits per heavy atom. The van der Waals surface area contributed by atoms with Crippen molar-refractivity contribution in [3.05, 3.63) is 42.5 Å². The van der Waals surface area contributed by atoms with E-state index in [1.54, 1.807) is 25.6 Å². The highest BCUT2D eigenvalue weighted by Gasteiger charge is 2.43. The summed E-state index contributed by atoms with van der Waals surface area (Å²) in [4.78, 5) is 17.9. The molecule has 3 aromatic rings. The van der Waals surface area contributed by atoms with E-state index in [2.05, 4.69) is 25.1 Å². The average Bonchev–Trinajstić information content (AvgIpc) is 3.35. The third-order valence-electron chi connectivity index (χ3n) is 7.07. The number of rotatable bonds is 5. The van der Waals surface area contributed by atoms with Gasteiger partial charge in [0.25, 0.3) is 0 Å². The molecule has 2 bridgehead atoms. The second-order valence-corrected chi connectivity index (χ2v) is 9.03. The third-order valence-corrected chi connectivity index (χ3v) is 7.07. The third kappa shape index (κ3) is 3.73. The Morgan fingerprint density at radius 3 is 2.61 bits per heavy atom. The van der Waals surface area contributed by atoms with Crippen molar-refractivity contribution < 1.29 is 9.13 Å². The lowest BCUT2D eigenvalue weighted by atomic mass is 9.92. The number of fused-ring (bicyclic) bond motifs is 3. The maximum absolute atomic E-state index is 13.4. The molecule has 10 heteroatoms. The maximum atomic E-state index is 13.4. The zero-order valence-electron chi connectivity index (χ0n) is 18.6. The van der Waals surface area contributed by atoms with Crippen molar-refractivity contribution in [3.8, 4) is 5.88 Å². The van der Waals surface area contributed by atoms with Crippen LogP contribution in [0.1, 0.15) is 19.3 Å². The summed E-state index contributed by atoms with van der Waals surface area (Å²) in [7, 11) is 1.63. The molecule has 4 heterocycles. The van der Waals surface area contributed by atoms with Crippen LogP contribution in [0.3, 0.4) is 0 Å². The number of nitrogens with one attached hydrogen (secondary N) is 1. The molecule has 1 saturated heterocycles. The van der Waals surface area contributed by atoms with Gasteiger partial charge in [-0.15, -0.1) is 5.10 Å². The number of benzene rings is 1. The van der Waals surface area contributed by atoms with Gasteiger partial charge in [0, 0.05) is 44.0 Å². The van der Waals surface area contributed by atoms with Crippen LogP contribution >= 0.6 is 0 Å². The maximum Gasteiger partial charge on any atom is 0.244 e. The molecule has 3 aliphatic rings. The minimum Gasteiger partial charge on any atom is -0.481 e. The van der Waals surface area contributed by atoms with Crippen molar-refractivity contribution in [1.29, 1.82) is 0 Å². The van der Waals surface area contributed by atoms with Gasteiger partial charge in [0.15, 0.2) is 0 Å². The number of anilines is 4. The molecule has 1 saturated carbocycles. The van der Waals surface area contributed by atoms with Crippen molar-refractivity contribution in [3.63, 3.8) is 0 Å². The fourth-order valence-electron chi connectivity index (χ4n) is 5.50. The van der Waals surface area contributed by atoms with Crippen LogP contribution in [0.5, 0.6) is 5.88 Å². The largest absolute Gasteiger partial charge is 0.481 e. The van der Waals surface area contributed by atoms with Gasteiger partial charge in [-0.2, -0.15) is 4.98 Å². The first kappa shape index (κ1) is 20.2. The van der Waals surface area contributed by atoms with Crippen molar-refractivity contribution in [2.75, 3.05) is 41.9 Å². The summed E-state index contributed by atoms with van der Waals surface area (Å²) in [5, 5.41) is 8.42. The van der Waals surface area contributed by atoms with Crippen molar-refractivity contribution >= 4 is 23.4 Å². The molecule has 6 rings (SSSR count). The van der Waals surface area contributed by atoms with Gasteiger partial charge in [0.2, 0.25) is 17.8 Å². The molecular weight excluding hydrogens is 423 g/mol. The Bertz CT molecular complexity index is 1120. The second kappa shape index (κ2) is 8.17. The Morgan fingerprint density at radius 2 is 1.85 bits per heavy atom. The molecule has 0 amide bonds. The number of halogens is 1. The van der Waals surface area contributed by atoms with Crippen LogP contribution in [0, 0.1) is 17.7 Å². The van der Waals surface area contributed by atoms with Crippen molar-refractivity contribution in [2.24, 2.45) is 11.8 Å². The predicted molar refractivity (Wildman–Crippen MR) is 122 cm³/mol. The van der Waals surface area contributed by atoms with Crippen LogP contribution in [0.2, 0.25) is 0 Å². The number of hydrogen-bond donors (Lipinski definition) is 1. The second-order valence-electron chi connectivity index (χ2n) is 9.03. The normalized spacial score (nSPS) is 24.0. The topological polar surface area (TPSA) is 84.2 Å². The minimum atomic E-state index is -0.234. The molecule has 33 heavy (non-hydrogen) atoms. The van der Waals surface area contributed by atoms with E-state index in [0.29, 0.717) is 29.7 Å². The molecule has 172 valence electrons. The molecule has 9 nitrogen and oxygen atoms in total. The predicted octanol–water partition coefficient (Wildman–Crippen LogP) is 3.08. The Hall–Kier alpha value is -3.43. The highest BCUT2D eigenvalue weighted by atomic mass is 19.1. The lowest BCUT2D eigenvalue weighted by molar-refractivity contribution is 0.372. The summed E-state index contributed by atoms with van der Waals surface area (Å²) >= 11 is 0. The fourth-order valence-corrected chi connectivity index (χ4v) is 5.50. The van der Waals surface area contributed by atoms with E-state index in [1.807, 2.05) is 10.7 Å². The Balaban J connectivity index is 1.19. The van der Waals surface area contributed by atoms with Gasteiger partial charge >= 0.3 is 0 Å². The van der Waals surface area contributed by atoms with Gasteiger partial charge in [-0.1, -0.05) is 0 Å². The van der Waals surface area contributed by atoms with E-state index in [1.165, 1.54) is 25.0 Å². The van der Waals surface area contributed by atoms with E-state index in [9.17, 15) is 4.39 Å². The number of aromatic nitrogens is 5. The number of methoxy groups -OCH3 is 1. The van der Waals surface area contributed by atoms with Gasteiger partial charge in [-0.3, -0.25) is 0 Å². The van der Waals surface area contributed by atoms with Crippen LogP contribution in [0.25, 0.3) is 0 Å². The van der Waals surface area contributed by atoms with Gasteiger partial charge < -0.3 is 19.9 Å². The monoisotopic (exact) mass is 450 g/mol. The summed E-state index contributed by atoms with van der Waals surface area (Å²) in [5.74, 6) is 3.76. The van der Waals surface area contributed by atoms with E-state index in [0.717, 1.165) is 50.1 Å². The number of piperidine rings is 1. The molecule has 1 unspecified atom stereocenters. The van der Waals surface area contributed by atoms with Crippen molar-refractivity contribution in [1.82, 2.24) is 24.7 Å². The molecular formula is C23H27FN8O. The van der Waals surface area contributed by atoms with Crippen LogP contribution in [-0.4, -0.2) is 57.5 Å². The zero-order valence-corrected chi connectivity index (χ0v) is 18.6. The lowest BCUT2D eigenvalue weighted by Crippen LogP contribution is -2.48. The van der Waals surface area contributed by atoms with Crippen molar-refractivity contribution in [2.45, 2.75) is 31.8 Å². The van der Waals surface area contributed by atoms with Gasteiger partial charge in [0.05, 0.1) is 7.11 Å². The van der Waals surface area contributed by atoms with E-state index in [-0.39, 0.29) is 5.82 Å². The summed E-state index contributed by atoms with van der Waals surface area (Å²) in [6, 6.07) is 8.82. The number of hydrogen-bond acceptors (Lipinski definition) is 8. The van der Waals surface area contributed by atoms with E-state index in [4.69, 9.17) is 14.8 Å². The number of ether oxygens (including phenoxy) is 1. The fraction of sp³-hybridized carbons (Fsp3) is 0.478. The highest BCUT2D eigenvalue weighted by Crippen LogP contribution is 2.40. The van der Waals surface area contributed by atoms with Gasteiger partial charge in [-0.05, 0) is 55.4 Å². The molecule has 0 radical (unpaired) electrons. The van der Waals surface area contributed by atoms with Crippen LogP contribution in [0.4, 0.5) is 27.8 Å². The molecule has 0 spiro atoms. The molecule has 2 aliphatic heterocycles. The van der Waals surface area contributed by atoms with E-state index >= 15 is 0 Å². The highest BCUT2D eigenvalue weighted by molar-refractivity contribution is 5.59. The van der Waals surface area contributed by atoms with Crippen LogP contribution < -0.4 is 19.9 Å². The molecule has 2 aromatic heterocycles. The average molecular weight is 451 g/mol. The Kier molecular flexibility index (Phi) is 5.00. The molecule has 3 atom stereocenters. The quantitative estimate of drug-likeness (QED) is 0.635. The summed E-state index contributed by atoms with van der Waals surface area (Å²) < 4.78 is 20.6. The molecule has 1 aliphatic carbocycles.